The second kappa shape index (κ2) is 4.80. The summed E-state index contributed by atoms with van der Waals surface area (Å²) in [7, 11) is 1.35. The number of Topliss-reactive ketones (excluding diaryl/α,β-unsaturated/α-hetero) is 1. The number of ether oxygens (including phenoxy) is 1. The highest BCUT2D eigenvalue weighted by atomic mass is 16.5. The number of carbonyl (C=O) groups excluding carboxylic acids is 1. The largest absolute Gasteiger partial charge is 0.507 e. The number of rotatable bonds is 2. The maximum Gasteiger partial charge on any atom is 0.169 e. The van der Waals surface area contributed by atoms with Gasteiger partial charge in [-0.1, -0.05) is 0 Å². The number of hydrogen-bond acceptors (Lipinski definition) is 6. The summed E-state index contributed by atoms with van der Waals surface area (Å²) < 4.78 is 5.05. The maximum absolute atomic E-state index is 11.9. The third kappa shape index (κ3) is 2.07. The molecular formula is C13H16O6. The topological polar surface area (TPSA) is 107 Å². The molecule has 1 aliphatic rings. The van der Waals surface area contributed by atoms with Crippen LogP contribution in [0, 0.1) is 0 Å². The standard InChI is InChI=1S/C13H16O6/c1-5(14)10-9(19-2)3-6-11(13(10)18)7(15)4-8(16)12(6)17/h3,5,8,12,14,16-18H,4H2,1-2H3/t5?,8-,12-/m0/s1. The van der Waals surface area contributed by atoms with Gasteiger partial charge in [0.2, 0.25) is 0 Å². The summed E-state index contributed by atoms with van der Waals surface area (Å²) in [6, 6.07) is 1.36. The summed E-state index contributed by atoms with van der Waals surface area (Å²) in [6.07, 6.45) is -3.78. The smallest absolute Gasteiger partial charge is 0.169 e. The Morgan fingerprint density at radius 3 is 2.58 bits per heavy atom. The van der Waals surface area contributed by atoms with E-state index in [9.17, 15) is 25.2 Å². The third-order valence-corrected chi connectivity index (χ3v) is 3.33. The van der Waals surface area contributed by atoms with Gasteiger partial charge in [0.15, 0.2) is 5.78 Å². The summed E-state index contributed by atoms with van der Waals surface area (Å²) in [5.41, 5.74) is 0.148. The highest BCUT2D eigenvalue weighted by Crippen LogP contribution is 2.43. The van der Waals surface area contributed by atoms with Gasteiger partial charge in [0, 0.05) is 12.0 Å². The maximum atomic E-state index is 11.9. The molecule has 0 heterocycles. The molecular weight excluding hydrogens is 252 g/mol. The van der Waals surface area contributed by atoms with Crippen molar-refractivity contribution in [2.75, 3.05) is 7.11 Å². The molecule has 2 rings (SSSR count). The van der Waals surface area contributed by atoms with E-state index in [0.717, 1.165) is 0 Å². The van der Waals surface area contributed by atoms with Crippen molar-refractivity contribution in [1.82, 2.24) is 0 Å². The number of methoxy groups -OCH3 is 1. The van der Waals surface area contributed by atoms with Gasteiger partial charge in [-0.2, -0.15) is 0 Å². The summed E-state index contributed by atoms with van der Waals surface area (Å²) in [6.45, 7) is 1.43. The van der Waals surface area contributed by atoms with Gasteiger partial charge >= 0.3 is 0 Å². The van der Waals surface area contributed by atoms with Gasteiger partial charge in [-0.25, -0.2) is 0 Å². The first kappa shape index (κ1) is 13.8. The van der Waals surface area contributed by atoms with Crippen molar-refractivity contribution in [3.8, 4) is 11.5 Å². The van der Waals surface area contributed by atoms with Crippen molar-refractivity contribution in [2.45, 2.75) is 31.7 Å². The molecule has 0 spiro atoms. The van der Waals surface area contributed by atoms with Crippen molar-refractivity contribution >= 4 is 5.78 Å². The van der Waals surface area contributed by atoms with E-state index in [4.69, 9.17) is 4.74 Å². The van der Waals surface area contributed by atoms with E-state index in [2.05, 4.69) is 0 Å². The number of aliphatic hydroxyl groups is 3. The van der Waals surface area contributed by atoms with Crippen LogP contribution in [-0.4, -0.2) is 39.4 Å². The second-order valence-corrected chi connectivity index (χ2v) is 4.62. The molecule has 1 aromatic carbocycles. The van der Waals surface area contributed by atoms with Crippen LogP contribution in [0.15, 0.2) is 6.07 Å². The number of phenols is 1. The van der Waals surface area contributed by atoms with Crippen LogP contribution in [0.25, 0.3) is 0 Å². The number of carbonyl (C=O) groups is 1. The van der Waals surface area contributed by atoms with Crippen LogP contribution in [0.2, 0.25) is 0 Å². The van der Waals surface area contributed by atoms with Gasteiger partial charge in [0.05, 0.1) is 30.4 Å². The van der Waals surface area contributed by atoms with E-state index in [0.29, 0.717) is 0 Å². The molecule has 0 bridgehead atoms. The normalized spacial score (nSPS) is 23.9. The Hall–Kier alpha value is -1.63. The highest BCUT2D eigenvalue weighted by Gasteiger charge is 2.36. The number of fused-ring (bicyclic) bond motifs is 1. The molecule has 6 heteroatoms. The fraction of sp³-hybridized carbons (Fsp3) is 0.462. The van der Waals surface area contributed by atoms with Crippen molar-refractivity contribution in [1.29, 1.82) is 0 Å². The van der Waals surface area contributed by atoms with Crippen LogP contribution in [0.1, 0.15) is 47.0 Å². The zero-order chi connectivity index (χ0) is 14.3. The van der Waals surface area contributed by atoms with Crippen molar-refractivity contribution in [3.63, 3.8) is 0 Å². The van der Waals surface area contributed by atoms with E-state index in [1.807, 2.05) is 0 Å². The van der Waals surface area contributed by atoms with E-state index < -0.39 is 29.8 Å². The molecule has 0 saturated heterocycles. The molecule has 19 heavy (non-hydrogen) atoms. The molecule has 0 amide bonds. The van der Waals surface area contributed by atoms with Crippen LogP contribution in [0.4, 0.5) is 0 Å². The molecule has 0 aliphatic heterocycles. The van der Waals surface area contributed by atoms with Crippen molar-refractivity contribution in [2.24, 2.45) is 0 Å². The van der Waals surface area contributed by atoms with E-state index in [1.54, 1.807) is 0 Å². The molecule has 0 fully saturated rings. The predicted octanol–water partition coefficient (Wildman–Crippen LogP) is 0.435. The average molecular weight is 268 g/mol. The van der Waals surface area contributed by atoms with Crippen molar-refractivity contribution < 1.29 is 30.0 Å². The van der Waals surface area contributed by atoms with Crippen molar-refractivity contribution in [3.05, 3.63) is 22.8 Å². The van der Waals surface area contributed by atoms with E-state index >= 15 is 0 Å². The first-order valence-corrected chi connectivity index (χ1v) is 5.89. The Labute approximate surface area is 109 Å². The monoisotopic (exact) mass is 268 g/mol. The predicted molar refractivity (Wildman–Crippen MR) is 65.2 cm³/mol. The quantitative estimate of drug-likeness (QED) is 0.620. The van der Waals surface area contributed by atoms with Gasteiger partial charge in [0.1, 0.15) is 17.6 Å². The lowest BCUT2D eigenvalue weighted by atomic mass is 9.83. The average Bonchev–Trinajstić information content (AvgIpc) is 2.34. The zero-order valence-corrected chi connectivity index (χ0v) is 10.6. The van der Waals surface area contributed by atoms with Crippen LogP contribution in [0.3, 0.4) is 0 Å². The minimum Gasteiger partial charge on any atom is -0.507 e. The number of benzene rings is 1. The van der Waals surface area contributed by atoms with Gasteiger partial charge in [-0.05, 0) is 13.0 Å². The first-order valence-electron chi connectivity index (χ1n) is 5.89. The Balaban J connectivity index is 2.74. The second-order valence-electron chi connectivity index (χ2n) is 4.62. The van der Waals surface area contributed by atoms with Crippen LogP contribution >= 0.6 is 0 Å². The Kier molecular flexibility index (Phi) is 3.49. The Bertz CT molecular complexity index is 522. The summed E-state index contributed by atoms with van der Waals surface area (Å²) in [4.78, 5) is 11.9. The summed E-state index contributed by atoms with van der Waals surface area (Å²) in [5.74, 6) is -0.720. The summed E-state index contributed by atoms with van der Waals surface area (Å²) >= 11 is 0. The lowest BCUT2D eigenvalue weighted by Crippen LogP contribution is -2.29. The van der Waals surface area contributed by atoms with Crippen LogP contribution < -0.4 is 4.74 Å². The van der Waals surface area contributed by atoms with Gasteiger partial charge in [-0.3, -0.25) is 4.79 Å². The molecule has 1 aliphatic carbocycles. The summed E-state index contributed by atoms with van der Waals surface area (Å²) in [5, 5.41) is 39.3. The number of aromatic hydroxyl groups is 1. The first-order chi connectivity index (χ1) is 8.88. The molecule has 104 valence electrons. The molecule has 0 saturated carbocycles. The molecule has 4 N–H and O–H groups in total. The Morgan fingerprint density at radius 2 is 2.05 bits per heavy atom. The van der Waals surface area contributed by atoms with Gasteiger partial charge in [0.25, 0.3) is 0 Å². The van der Waals surface area contributed by atoms with Crippen LogP contribution in [-0.2, 0) is 0 Å². The highest BCUT2D eigenvalue weighted by molar-refractivity contribution is 6.02. The minimum atomic E-state index is -1.27. The Morgan fingerprint density at radius 1 is 1.42 bits per heavy atom. The van der Waals surface area contributed by atoms with E-state index in [-0.39, 0.29) is 28.9 Å². The van der Waals surface area contributed by atoms with Gasteiger partial charge < -0.3 is 25.2 Å². The molecule has 6 nitrogen and oxygen atoms in total. The number of ketones is 1. The lowest BCUT2D eigenvalue weighted by molar-refractivity contribution is 0.00823. The molecule has 3 atom stereocenters. The fourth-order valence-electron chi connectivity index (χ4n) is 2.39. The lowest BCUT2D eigenvalue weighted by Gasteiger charge is -2.28. The third-order valence-electron chi connectivity index (χ3n) is 3.33. The number of aliphatic hydroxyl groups excluding tert-OH is 3. The fourth-order valence-corrected chi connectivity index (χ4v) is 2.39. The van der Waals surface area contributed by atoms with Gasteiger partial charge in [-0.15, -0.1) is 0 Å². The minimum absolute atomic E-state index is 0.0606. The van der Waals surface area contributed by atoms with Crippen LogP contribution in [0.5, 0.6) is 11.5 Å². The molecule has 1 aromatic rings. The zero-order valence-electron chi connectivity index (χ0n) is 10.6. The SMILES string of the molecule is COc1cc2c(c(O)c1C(C)O)C(=O)C[C@H](O)[C@H]2O. The molecule has 0 aromatic heterocycles. The number of hydrogen-bond donors (Lipinski definition) is 4. The molecule has 0 radical (unpaired) electrons. The molecule has 1 unspecified atom stereocenters. The van der Waals surface area contributed by atoms with E-state index in [1.165, 1.54) is 20.1 Å². The number of phenolic OH excluding ortho intramolecular Hbond substituents is 1.